The summed E-state index contributed by atoms with van der Waals surface area (Å²) in [4.78, 5) is 16.2. The fourth-order valence-corrected chi connectivity index (χ4v) is 2.55. The summed E-state index contributed by atoms with van der Waals surface area (Å²) >= 11 is 3.42. The number of nitrogens with one attached hydrogen (secondary N) is 1. The van der Waals surface area contributed by atoms with Crippen LogP contribution in [-0.2, 0) is 11.3 Å². The first-order chi connectivity index (χ1) is 12.1. The van der Waals surface area contributed by atoms with Crippen molar-refractivity contribution in [2.75, 3.05) is 0 Å². The number of amides is 1. The largest absolute Gasteiger partial charge is 0.463 e. The highest BCUT2D eigenvalue weighted by atomic mass is 79.9. The Bertz CT molecular complexity index is 837. The minimum absolute atomic E-state index is 0.218. The van der Waals surface area contributed by atoms with Gasteiger partial charge in [-0.1, -0.05) is 24.3 Å². The number of carbonyl (C=O) groups is 1. The summed E-state index contributed by atoms with van der Waals surface area (Å²) in [5.74, 6) is 0.151. The van der Waals surface area contributed by atoms with Crippen molar-refractivity contribution < 1.29 is 9.53 Å². The van der Waals surface area contributed by atoms with Gasteiger partial charge < -0.3 is 10.1 Å². The van der Waals surface area contributed by atoms with Crippen molar-refractivity contribution in [2.24, 2.45) is 0 Å². The Morgan fingerprint density at radius 2 is 2.08 bits per heavy atom. The van der Waals surface area contributed by atoms with Crippen LogP contribution >= 0.6 is 15.9 Å². The van der Waals surface area contributed by atoms with Gasteiger partial charge >= 0.3 is 0 Å². The molecule has 1 unspecified atom stereocenters. The number of ether oxygens (including phenoxy) is 1. The molecule has 0 fully saturated rings. The van der Waals surface area contributed by atoms with Crippen LogP contribution in [0.3, 0.4) is 0 Å². The van der Waals surface area contributed by atoms with Gasteiger partial charge in [0.15, 0.2) is 6.10 Å². The summed E-state index contributed by atoms with van der Waals surface area (Å²) in [6, 6.07) is 13.4. The van der Waals surface area contributed by atoms with E-state index in [-0.39, 0.29) is 5.91 Å². The van der Waals surface area contributed by atoms with Crippen molar-refractivity contribution in [2.45, 2.75) is 19.6 Å². The molecule has 7 heteroatoms. The fraction of sp³-hybridized carbons (Fsp3) is 0.167. The van der Waals surface area contributed by atoms with E-state index in [1.807, 2.05) is 42.5 Å². The second-order valence-electron chi connectivity index (χ2n) is 5.40. The lowest BCUT2D eigenvalue weighted by molar-refractivity contribution is -0.127. The first kappa shape index (κ1) is 17.2. The summed E-state index contributed by atoms with van der Waals surface area (Å²) in [5.41, 5.74) is 1.84. The monoisotopic (exact) mass is 400 g/mol. The Kier molecular flexibility index (Phi) is 5.45. The number of rotatable bonds is 6. The molecule has 0 spiro atoms. The molecule has 0 saturated carbocycles. The lowest BCUT2D eigenvalue weighted by atomic mass is 10.3. The summed E-state index contributed by atoms with van der Waals surface area (Å²) in [6.07, 6.45) is 4.53. The lowest BCUT2D eigenvalue weighted by Crippen LogP contribution is -2.36. The van der Waals surface area contributed by atoms with Gasteiger partial charge in [0, 0.05) is 25.1 Å². The molecule has 128 valence electrons. The Labute approximate surface area is 154 Å². The van der Waals surface area contributed by atoms with Gasteiger partial charge in [-0.3, -0.25) is 9.78 Å². The molecule has 1 amide bonds. The van der Waals surface area contributed by atoms with Gasteiger partial charge in [-0.05, 0) is 46.6 Å². The minimum Gasteiger partial charge on any atom is -0.463 e. The first-order valence-electron chi connectivity index (χ1n) is 7.77. The summed E-state index contributed by atoms with van der Waals surface area (Å²) < 4.78 is 8.07. The number of halogens is 1. The molecule has 1 atom stereocenters. The van der Waals surface area contributed by atoms with Gasteiger partial charge in [0.05, 0.1) is 10.2 Å². The third-order valence-electron chi connectivity index (χ3n) is 3.51. The van der Waals surface area contributed by atoms with Crippen molar-refractivity contribution in [1.82, 2.24) is 20.1 Å². The van der Waals surface area contributed by atoms with Gasteiger partial charge in [0.25, 0.3) is 5.91 Å². The van der Waals surface area contributed by atoms with Crippen LogP contribution in [0.5, 0.6) is 5.88 Å². The minimum atomic E-state index is -0.674. The Hall–Kier alpha value is -2.67. The van der Waals surface area contributed by atoms with Crippen molar-refractivity contribution in [3.05, 3.63) is 71.1 Å². The molecule has 2 heterocycles. The zero-order valence-corrected chi connectivity index (χ0v) is 15.2. The van der Waals surface area contributed by atoms with Gasteiger partial charge in [-0.15, -0.1) is 5.10 Å². The molecule has 3 aromatic rings. The molecule has 0 bridgehead atoms. The molecule has 6 nitrogen and oxygen atoms in total. The lowest BCUT2D eigenvalue weighted by Gasteiger charge is -2.13. The molecule has 0 aliphatic rings. The maximum atomic E-state index is 12.2. The molecule has 1 aromatic carbocycles. The molecule has 0 aliphatic heterocycles. The van der Waals surface area contributed by atoms with Crippen LogP contribution in [0.2, 0.25) is 0 Å². The Morgan fingerprint density at radius 3 is 2.80 bits per heavy atom. The number of hydrogen-bond donors (Lipinski definition) is 1. The van der Waals surface area contributed by atoms with E-state index in [0.29, 0.717) is 16.9 Å². The van der Waals surface area contributed by atoms with Crippen LogP contribution in [0.1, 0.15) is 12.5 Å². The standard InChI is InChI=1S/C18H17BrN4O2/c1-13(17(24)21-11-14-6-5-9-20-10-14)25-18-16(19)12-23(22-18)15-7-3-2-4-8-15/h2-10,12-13H,11H2,1H3,(H,21,24). The van der Waals surface area contributed by atoms with E-state index in [1.54, 1.807) is 30.2 Å². The second-order valence-corrected chi connectivity index (χ2v) is 6.26. The summed E-state index contributed by atoms with van der Waals surface area (Å²) in [7, 11) is 0. The van der Waals surface area contributed by atoms with Crippen molar-refractivity contribution in [1.29, 1.82) is 0 Å². The van der Waals surface area contributed by atoms with Crippen LogP contribution in [0, 0.1) is 0 Å². The van der Waals surface area contributed by atoms with Gasteiger partial charge in [0.1, 0.15) is 0 Å². The number of benzene rings is 1. The highest BCUT2D eigenvalue weighted by Crippen LogP contribution is 2.25. The van der Waals surface area contributed by atoms with E-state index in [9.17, 15) is 4.79 Å². The highest BCUT2D eigenvalue weighted by molar-refractivity contribution is 9.10. The topological polar surface area (TPSA) is 69.0 Å². The molecule has 0 aliphatic carbocycles. The number of nitrogens with zero attached hydrogens (tertiary/aromatic N) is 3. The van der Waals surface area contributed by atoms with Crippen LogP contribution in [0.15, 0.2) is 65.5 Å². The van der Waals surface area contributed by atoms with Crippen molar-refractivity contribution in [3.8, 4) is 11.6 Å². The SMILES string of the molecule is CC(Oc1nn(-c2ccccc2)cc1Br)C(=O)NCc1cccnc1. The summed E-state index contributed by atoms with van der Waals surface area (Å²) in [6.45, 7) is 2.09. The average Bonchev–Trinajstić information content (AvgIpc) is 3.02. The van der Waals surface area contributed by atoms with Gasteiger partial charge in [-0.25, -0.2) is 4.68 Å². The Balaban J connectivity index is 1.61. The number of para-hydroxylation sites is 1. The number of aromatic nitrogens is 3. The quantitative estimate of drug-likeness (QED) is 0.689. The molecular formula is C18H17BrN4O2. The smallest absolute Gasteiger partial charge is 0.261 e. The summed E-state index contributed by atoms with van der Waals surface area (Å²) in [5, 5.41) is 7.20. The maximum Gasteiger partial charge on any atom is 0.261 e. The Morgan fingerprint density at radius 1 is 1.28 bits per heavy atom. The molecule has 0 saturated heterocycles. The van der Waals surface area contributed by atoms with Gasteiger partial charge in [-0.2, -0.15) is 0 Å². The third-order valence-corrected chi connectivity index (χ3v) is 4.05. The maximum absolute atomic E-state index is 12.2. The van der Waals surface area contributed by atoms with E-state index < -0.39 is 6.10 Å². The predicted octanol–water partition coefficient (Wildman–Crippen LogP) is 3.11. The predicted molar refractivity (Wildman–Crippen MR) is 97.4 cm³/mol. The molecule has 3 rings (SSSR count). The number of carbonyl (C=O) groups excluding carboxylic acids is 1. The zero-order chi connectivity index (χ0) is 17.6. The molecular weight excluding hydrogens is 384 g/mol. The van der Waals surface area contributed by atoms with Crippen LogP contribution in [-0.4, -0.2) is 26.8 Å². The first-order valence-corrected chi connectivity index (χ1v) is 8.56. The van der Waals surface area contributed by atoms with Crippen molar-refractivity contribution in [3.63, 3.8) is 0 Å². The van der Waals surface area contributed by atoms with E-state index in [1.165, 1.54) is 0 Å². The van der Waals surface area contributed by atoms with E-state index >= 15 is 0 Å². The normalized spacial score (nSPS) is 11.8. The van der Waals surface area contributed by atoms with Crippen LogP contribution in [0.4, 0.5) is 0 Å². The van der Waals surface area contributed by atoms with Crippen LogP contribution < -0.4 is 10.1 Å². The molecule has 0 radical (unpaired) electrons. The highest BCUT2D eigenvalue weighted by Gasteiger charge is 2.18. The van der Waals surface area contributed by atoms with Gasteiger partial charge in [0.2, 0.25) is 5.88 Å². The van der Waals surface area contributed by atoms with E-state index in [0.717, 1.165) is 11.3 Å². The van der Waals surface area contributed by atoms with Crippen LogP contribution in [0.25, 0.3) is 5.69 Å². The van der Waals surface area contributed by atoms with E-state index in [4.69, 9.17) is 4.74 Å². The van der Waals surface area contributed by atoms with Crippen molar-refractivity contribution >= 4 is 21.8 Å². The fourth-order valence-electron chi connectivity index (χ4n) is 2.19. The molecule has 2 aromatic heterocycles. The molecule has 1 N–H and O–H groups in total. The number of pyridine rings is 1. The second kappa shape index (κ2) is 7.94. The number of hydrogen-bond acceptors (Lipinski definition) is 4. The zero-order valence-electron chi connectivity index (χ0n) is 13.6. The third kappa shape index (κ3) is 4.45. The van der Waals surface area contributed by atoms with E-state index in [2.05, 4.69) is 31.3 Å². The average molecular weight is 401 g/mol. The molecule has 25 heavy (non-hydrogen) atoms.